The van der Waals surface area contributed by atoms with Gasteiger partial charge in [-0.1, -0.05) is 30.3 Å². The van der Waals surface area contributed by atoms with E-state index >= 15 is 0 Å². The van der Waals surface area contributed by atoms with Crippen LogP contribution < -0.4 is 4.90 Å². The molecule has 0 bridgehead atoms. The highest BCUT2D eigenvalue weighted by molar-refractivity contribution is 6.22. The summed E-state index contributed by atoms with van der Waals surface area (Å²) < 4.78 is 0. The maximum atomic E-state index is 10.9. The third-order valence-electron chi connectivity index (χ3n) is 5.64. The number of nitrogens with one attached hydrogen (secondary N) is 1. The van der Waals surface area contributed by atoms with Gasteiger partial charge >= 0.3 is 0 Å². The van der Waals surface area contributed by atoms with Gasteiger partial charge in [0.1, 0.15) is 0 Å². The van der Waals surface area contributed by atoms with Gasteiger partial charge in [0.05, 0.1) is 17.0 Å². The number of aliphatic imine (C=N–C) groups is 1. The molecular weight excluding hydrogens is 372 g/mol. The Morgan fingerprint density at radius 3 is 2.60 bits per heavy atom. The van der Waals surface area contributed by atoms with Gasteiger partial charge in [0, 0.05) is 47.1 Å². The maximum absolute atomic E-state index is 10.9. The second-order valence-corrected chi connectivity index (χ2v) is 7.75. The van der Waals surface area contributed by atoms with Crippen LogP contribution in [0.25, 0.3) is 10.9 Å². The van der Waals surface area contributed by atoms with E-state index in [4.69, 9.17) is 4.99 Å². The number of rotatable bonds is 4. The molecule has 0 atom stereocenters. The van der Waals surface area contributed by atoms with Crippen LogP contribution >= 0.6 is 0 Å². The van der Waals surface area contributed by atoms with Gasteiger partial charge in [-0.3, -0.25) is 4.98 Å². The van der Waals surface area contributed by atoms with Crippen LogP contribution in [-0.4, -0.2) is 33.9 Å². The Kier molecular flexibility index (Phi) is 4.71. The predicted octanol–water partition coefficient (Wildman–Crippen LogP) is 5.35. The van der Waals surface area contributed by atoms with E-state index < -0.39 is 0 Å². The molecule has 0 saturated carbocycles. The van der Waals surface area contributed by atoms with Crippen LogP contribution in [-0.2, 0) is 0 Å². The van der Waals surface area contributed by atoms with Crippen LogP contribution in [0.15, 0.2) is 71.9 Å². The van der Waals surface area contributed by atoms with Gasteiger partial charge in [-0.15, -0.1) is 0 Å². The van der Waals surface area contributed by atoms with Gasteiger partial charge in [0.25, 0.3) is 0 Å². The summed E-state index contributed by atoms with van der Waals surface area (Å²) in [6, 6.07) is 20.2. The molecule has 0 amide bonds. The molecule has 150 valence electrons. The number of benzene rings is 2. The van der Waals surface area contributed by atoms with Crippen molar-refractivity contribution in [2.75, 3.05) is 18.0 Å². The topological polar surface area (TPSA) is 64.5 Å². The first-order chi connectivity index (χ1) is 14.7. The van der Waals surface area contributed by atoms with Gasteiger partial charge in [0.2, 0.25) is 0 Å². The standard InChI is InChI=1S/C25H24N4O/c1-17-15-19(11-12-26-17)27-24(18-7-3-2-4-8-18)23-21-16-20(29-13-5-6-14-29)9-10-22(21)28-25(23)30/h2-4,7-12,15-16,28,30H,5-6,13-14H2,1H3. The number of nitrogens with zero attached hydrogens (tertiary/aromatic N) is 3. The first-order valence-electron chi connectivity index (χ1n) is 10.4. The van der Waals surface area contributed by atoms with E-state index in [1.165, 1.54) is 18.5 Å². The fraction of sp³-hybridized carbons (Fsp3) is 0.200. The molecule has 0 aliphatic carbocycles. The molecular formula is C25H24N4O. The summed E-state index contributed by atoms with van der Waals surface area (Å²) in [6.45, 7) is 4.10. The average molecular weight is 396 g/mol. The number of fused-ring (bicyclic) bond motifs is 1. The van der Waals surface area contributed by atoms with Crippen LogP contribution in [0, 0.1) is 6.92 Å². The Morgan fingerprint density at radius 1 is 1.03 bits per heavy atom. The summed E-state index contributed by atoms with van der Waals surface area (Å²) in [5.41, 5.74) is 6.23. The molecule has 5 rings (SSSR count). The monoisotopic (exact) mass is 396 g/mol. The van der Waals surface area contributed by atoms with E-state index in [9.17, 15) is 5.11 Å². The van der Waals surface area contributed by atoms with E-state index in [1.54, 1.807) is 6.20 Å². The van der Waals surface area contributed by atoms with Crippen molar-refractivity contribution in [3.8, 4) is 5.88 Å². The average Bonchev–Trinajstić information content (AvgIpc) is 3.40. The summed E-state index contributed by atoms with van der Waals surface area (Å²) in [5.74, 6) is 0.136. The highest BCUT2D eigenvalue weighted by Crippen LogP contribution is 2.34. The molecule has 1 aliphatic rings. The van der Waals surface area contributed by atoms with Gasteiger partial charge in [-0.25, -0.2) is 4.99 Å². The lowest BCUT2D eigenvalue weighted by Crippen LogP contribution is -2.17. The number of hydrogen-bond donors (Lipinski definition) is 2. The molecule has 1 saturated heterocycles. The number of hydrogen-bond acceptors (Lipinski definition) is 4. The fourth-order valence-corrected chi connectivity index (χ4v) is 4.17. The summed E-state index contributed by atoms with van der Waals surface area (Å²) >= 11 is 0. The lowest BCUT2D eigenvalue weighted by Gasteiger charge is -2.17. The van der Waals surface area contributed by atoms with Crippen LogP contribution in [0.4, 0.5) is 11.4 Å². The maximum Gasteiger partial charge on any atom is 0.199 e. The minimum atomic E-state index is 0.136. The Morgan fingerprint density at radius 2 is 1.83 bits per heavy atom. The number of aromatic amines is 1. The minimum Gasteiger partial charge on any atom is -0.494 e. The van der Waals surface area contributed by atoms with Crippen molar-refractivity contribution in [1.82, 2.24) is 9.97 Å². The molecule has 3 heterocycles. The third-order valence-corrected chi connectivity index (χ3v) is 5.64. The predicted molar refractivity (Wildman–Crippen MR) is 122 cm³/mol. The Labute approximate surface area is 175 Å². The Hall–Kier alpha value is -3.60. The molecule has 0 radical (unpaired) electrons. The van der Waals surface area contributed by atoms with E-state index in [0.29, 0.717) is 0 Å². The molecule has 30 heavy (non-hydrogen) atoms. The molecule has 5 heteroatoms. The fourth-order valence-electron chi connectivity index (χ4n) is 4.17. The Bertz CT molecular complexity index is 1220. The van der Waals surface area contributed by atoms with E-state index in [-0.39, 0.29) is 5.88 Å². The summed E-state index contributed by atoms with van der Waals surface area (Å²) in [7, 11) is 0. The van der Waals surface area contributed by atoms with Crippen molar-refractivity contribution in [3.05, 3.63) is 83.7 Å². The molecule has 1 aliphatic heterocycles. The van der Waals surface area contributed by atoms with Crippen LogP contribution in [0.1, 0.15) is 29.7 Å². The zero-order valence-corrected chi connectivity index (χ0v) is 17.0. The number of H-pyrrole nitrogens is 1. The first-order valence-corrected chi connectivity index (χ1v) is 10.4. The van der Waals surface area contributed by atoms with E-state index in [0.717, 1.165) is 52.2 Å². The van der Waals surface area contributed by atoms with Crippen molar-refractivity contribution in [2.45, 2.75) is 19.8 Å². The number of aromatic nitrogens is 2. The highest BCUT2D eigenvalue weighted by atomic mass is 16.3. The molecule has 2 aromatic carbocycles. The number of anilines is 1. The number of aryl methyl sites for hydroxylation is 1. The van der Waals surface area contributed by atoms with Crippen LogP contribution in [0.5, 0.6) is 5.88 Å². The van der Waals surface area contributed by atoms with Gasteiger partial charge in [-0.2, -0.15) is 0 Å². The van der Waals surface area contributed by atoms with Crippen molar-refractivity contribution < 1.29 is 5.11 Å². The van der Waals surface area contributed by atoms with E-state index in [1.807, 2.05) is 55.5 Å². The summed E-state index contributed by atoms with van der Waals surface area (Å²) in [5, 5.41) is 11.9. The largest absolute Gasteiger partial charge is 0.494 e. The third kappa shape index (κ3) is 3.43. The Balaban J connectivity index is 1.72. The van der Waals surface area contributed by atoms with Gasteiger partial charge in [-0.05, 0) is 50.1 Å². The minimum absolute atomic E-state index is 0.136. The van der Waals surface area contributed by atoms with Crippen molar-refractivity contribution in [2.24, 2.45) is 4.99 Å². The normalized spacial score (nSPS) is 14.6. The quantitative estimate of drug-likeness (QED) is 0.457. The molecule has 2 aromatic heterocycles. The van der Waals surface area contributed by atoms with E-state index in [2.05, 4.69) is 27.0 Å². The second kappa shape index (κ2) is 7.67. The summed E-state index contributed by atoms with van der Waals surface area (Å²) in [4.78, 5) is 14.8. The van der Waals surface area contributed by atoms with Crippen molar-refractivity contribution in [1.29, 1.82) is 0 Å². The van der Waals surface area contributed by atoms with Crippen LogP contribution in [0.3, 0.4) is 0 Å². The molecule has 4 aromatic rings. The summed E-state index contributed by atoms with van der Waals surface area (Å²) in [6.07, 6.45) is 4.21. The SMILES string of the molecule is Cc1cc(N=C(c2ccccc2)c2c(O)[nH]c3ccc(N4CCCC4)cc23)ccn1. The number of pyridine rings is 1. The zero-order valence-electron chi connectivity index (χ0n) is 17.0. The molecule has 5 nitrogen and oxygen atoms in total. The first kappa shape index (κ1) is 18.4. The highest BCUT2D eigenvalue weighted by Gasteiger charge is 2.20. The number of aromatic hydroxyl groups is 1. The van der Waals surface area contributed by atoms with Gasteiger partial charge in [0.15, 0.2) is 5.88 Å². The lowest BCUT2D eigenvalue weighted by atomic mass is 10.0. The molecule has 0 spiro atoms. The smallest absolute Gasteiger partial charge is 0.199 e. The van der Waals surface area contributed by atoms with Crippen molar-refractivity contribution in [3.63, 3.8) is 0 Å². The molecule has 1 fully saturated rings. The zero-order chi connectivity index (χ0) is 20.5. The molecule has 2 N–H and O–H groups in total. The lowest BCUT2D eigenvalue weighted by molar-refractivity contribution is 0.457. The second-order valence-electron chi connectivity index (χ2n) is 7.75. The van der Waals surface area contributed by atoms with Crippen molar-refractivity contribution >= 4 is 28.0 Å². The van der Waals surface area contributed by atoms with Gasteiger partial charge < -0.3 is 15.0 Å². The van der Waals surface area contributed by atoms with Crippen LogP contribution in [0.2, 0.25) is 0 Å². The molecule has 0 unspecified atom stereocenters.